The lowest BCUT2D eigenvalue weighted by Gasteiger charge is -2.16. The minimum Gasteiger partial charge on any atom is -0.394 e. The summed E-state index contributed by atoms with van der Waals surface area (Å²) >= 11 is 3.04. The number of carbonyl (C=O) groups excluding carboxylic acids is 1. The molecule has 0 saturated carbocycles. The van der Waals surface area contributed by atoms with Gasteiger partial charge in [0.15, 0.2) is 0 Å². The van der Waals surface area contributed by atoms with Crippen molar-refractivity contribution in [2.24, 2.45) is 0 Å². The Kier molecular flexibility index (Phi) is 4.87. The van der Waals surface area contributed by atoms with E-state index >= 15 is 0 Å². The van der Waals surface area contributed by atoms with E-state index in [0.717, 1.165) is 5.56 Å². The number of benzene rings is 2. The minimum atomic E-state index is -0.493. The first-order valence-electron chi connectivity index (χ1n) is 6.03. The molecule has 0 aromatic heterocycles. The van der Waals surface area contributed by atoms with Crippen LogP contribution in [-0.2, 0) is 0 Å². The number of hydrogen-bond donors (Lipinski definition) is 2. The standard InChI is InChI=1S/C15H13BrFNO2/c16-12-8-11(6-7-13(12)17)15(20)18-14(9-19)10-4-2-1-3-5-10/h1-8,14,19H,9H2,(H,18,20)/t14-/m0/s1. The highest BCUT2D eigenvalue weighted by molar-refractivity contribution is 9.10. The predicted octanol–water partition coefficient (Wildman–Crippen LogP) is 3.05. The maximum absolute atomic E-state index is 13.1. The number of rotatable bonds is 4. The summed E-state index contributed by atoms with van der Waals surface area (Å²) in [4.78, 5) is 12.1. The van der Waals surface area contributed by atoms with Crippen LogP contribution in [0.4, 0.5) is 4.39 Å². The maximum Gasteiger partial charge on any atom is 0.251 e. The van der Waals surface area contributed by atoms with Crippen molar-refractivity contribution < 1.29 is 14.3 Å². The first-order chi connectivity index (χ1) is 9.61. The SMILES string of the molecule is O=C(N[C@@H](CO)c1ccccc1)c1ccc(F)c(Br)c1. The van der Waals surface area contributed by atoms with Crippen molar-refractivity contribution in [3.05, 3.63) is 69.9 Å². The fourth-order valence-electron chi connectivity index (χ4n) is 1.80. The monoisotopic (exact) mass is 337 g/mol. The van der Waals surface area contributed by atoms with Crippen LogP contribution < -0.4 is 5.32 Å². The highest BCUT2D eigenvalue weighted by Gasteiger charge is 2.15. The third-order valence-electron chi connectivity index (χ3n) is 2.87. The highest BCUT2D eigenvalue weighted by atomic mass is 79.9. The number of hydrogen-bond acceptors (Lipinski definition) is 2. The first kappa shape index (κ1) is 14.7. The molecule has 0 heterocycles. The average Bonchev–Trinajstić information content (AvgIpc) is 2.48. The molecule has 1 amide bonds. The molecular formula is C15H13BrFNO2. The molecule has 0 aliphatic rings. The van der Waals surface area contributed by atoms with E-state index in [-0.39, 0.29) is 17.0 Å². The summed E-state index contributed by atoms with van der Waals surface area (Å²) in [5, 5.41) is 12.1. The number of aliphatic hydroxyl groups excluding tert-OH is 1. The lowest BCUT2D eigenvalue weighted by molar-refractivity contribution is 0.0916. The zero-order valence-corrected chi connectivity index (χ0v) is 12.1. The molecule has 2 N–H and O–H groups in total. The van der Waals surface area contributed by atoms with Gasteiger partial charge in [0.25, 0.3) is 5.91 Å². The van der Waals surface area contributed by atoms with Crippen LogP contribution in [0.3, 0.4) is 0 Å². The van der Waals surface area contributed by atoms with Gasteiger partial charge >= 0.3 is 0 Å². The molecule has 104 valence electrons. The molecule has 5 heteroatoms. The van der Waals surface area contributed by atoms with Gasteiger partial charge in [0.05, 0.1) is 17.1 Å². The van der Waals surface area contributed by atoms with E-state index in [9.17, 15) is 14.3 Å². The number of aliphatic hydroxyl groups is 1. The molecule has 0 spiro atoms. The Balaban J connectivity index is 2.15. The molecule has 2 aromatic rings. The van der Waals surface area contributed by atoms with Crippen molar-refractivity contribution in [3.63, 3.8) is 0 Å². The van der Waals surface area contributed by atoms with E-state index in [0.29, 0.717) is 5.56 Å². The van der Waals surface area contributed by atoms with Crippen molar-refractivity contribution in [2.45, 2.75) is 6.04 Å². The smallest absolute Gasteiger partial charge is 0.251 e. The lowest BCUT2D eigenvalue weighted by atomic mass is 10.1. The van der Waals surface area contributed by atoms with Gasteiger partial charge in [-0.2, -0.15) is 0 Å². The van der Waals surface area contributed by atoms with Crippen LogP contribution in [0, 0.1) is 5.82 Å². The van der Waals surface area contributed by atoms with E-state index in [1.165, 1.54) is 18.2 Å². The molecule has 1 atom stereocenters. The molecule has 0 bridgehead atoms. The molecule has 0 unspecified atom stereocenters. The highest BCUT2D eigenvalue weighted by Crippen LogP contribution is 2.18. The minimum absolute atomic E-state index is 0.210. The molecule has 2 rings (SSSR count). The maximum atomic E-state index is 13.1. The van der Waals surface area contributed by atoms with Gasteiger partial charge < -0.3 is 10.4 Å². The van der Waals surface area contributed by atoms with Gasteiger partial charge in [-0.05, 0) is 39.7 Å². The second-order valence-electron chi connectivity index (χ2n) is 4.25. The molecule has 2 aromatic carbocycles. The van der Waals surface area contributed by atoms with Gasteiger partial charge in [-0.15, -0.1) is 0 Å². The van der Waals surface area contributed by atoms with Gasteiger partial charge in [0.2, 0.25) is 0 Å². The average molecular weight is 338 g/mol. The second-order valence-corrected chi connectivity index (χ2v) is 5.10. The summed E-state index contributed by atoms with van der Waals surface area (Å²) in [5.41, 5.74) is 1.14. The lowest BCUT2D eigenvalue weighted by Crippen LogP contribution is -2.30. The van der Waals surface area contributed by atoms with Gasteiger partial charge in [-0.3, -0.25) is 4.79 Å². The van der Waals surface area contributed by atoms with Crippen molar-refractivity contribution >= 4 is 21.8 Å². The Bertz CT molecular complexity index is 604. The third kappa shape index (κ3) is 3.43. The zero-order chi connectivity index (χ0) is 14.5. The van der Waals surface area contributed by atoms with Crippen LogP contribution in [-0.4, -0.2) is 17.6 Å². The summed E-state index contributed by atoms with van der Waals surface area (Å²) < 4.78 is 13.4. The van der Waals surface area contributed by atoms with E-state index in [2.05, 4.69) is 21.2 Å². The summed E-state index contributed by atoms with van der Waals surface area (Å²) in [7, 11) is 0. The molecule has 20 heavy (non-hydrogen) atoms. The van der Waals surface area contributed by atoms with E-state index in [1.54, 1.807) is 0 Å². The Labute approximate surface area is 124 Å². The zero-order valence-electron chi connectivity index (χ0n) is 10.5. The molecule has 0 fully saturated rings. The Morgan fingerprint density at radius 2 is 1.95 bits per heavy atom. The summed E-state index contributed by atoms with van der Waals surface area (Å²) in [6, 6.07) is 12.7. The number of nitrogens with one attached hydrogen (secondary N) is 1. The van der Waals surface area contributed by atoms with Gasteiger partial charge in [0.1, 0.15) is 5.82 Å². The van der Waals surface area contributed by atoms with Crippen molar-refractivity contribution in [2.75, 3.05) is 6.61 Å². The first-order valence-corrected chi connectivity index (χ1v) is 6.83. The fraction of sp³-hybridized carbons (Fsp3) is 0.133. The molecule has 3 nitrogen and oxygen atoms in total. The fourth-order valence-corrected chi connectivity index (χ4v) is 2.18. The van der Waals surface area contributed by atoms with Gasteiger partial charge in [0, 0.05) is 5.56 Å². The molecule has 0 aliphatic carbocycles. The third-order valence-corrected chi connectivity index (χ3v) is 3.48. The van der Waals surface area contributed by atoms with Crippen LogP contribution in [0.1, 0.15) is 22.0 Å². The largest absolute Gasteiger partial charge is 0.394 e. The van der Waals surface area contributed by atoms with E-state index in [1.807, 2.05) is 30.3 Å². The Morgan fingerprint density at radius 1 is 1.25 bits per heavy atom. The Morgan fingerprint density at radius 3 is 2.55 bits per heavy atom. The molecule has 0 saturated heterocycles. The number of halogens is 2. The summed E-state index contributed by atoms with van der Waals surface area (Å²) in [6.45, 7) is -0.210. The predicted molar refractivity (Wildman–Crippen MR) is 77.8 cm³/mol. The van der Waals surface area contributed by atoms with Crippen molar-refractivity contribution in [3.8, 4) is 0 Å². The van der Waals surface area contributed by atoms with Crippen LogP contribution in [0.25, 0.3) is 0 Å². The van der Waals surface area contributed by atoms with Crippen molar-refractivity contribution in [1.29, 1.82) is 0 Å². The molecular weight excluding hydrogens is 325 g/mol. The Hall–Kier alpha value is -1.72. The topological polar surface area (TPSA) is 49.3 Å². The van der Waals surface area contributed by atoms with E-state index in [4.69, 9.17) is 0 Å². The normalized spacial score (nSPS) is 11.9. The summed E-state index contributed by atoms with van der Waals surface area (Å²) in [6.07, 6.45) is 0. The molecule has 0 radical (unpaired) electrons. The van der Waals surface area contributed by atoms with E-state index < -0.39 is 11.9 Å². The van der Waals surface area contributed by atoms with Crippen molar-refractivity contribution in [1.82, 2.24) is 5.32 Å². The summed E-state index contributed by atoms with van der Waals surface area (Å²) in [5.74, 6) is -0.795. The van der Waals surface area contributed by atoms with Crippen LogP contribution >= 0.6 is 15.9 Å². The van der Waals surface area contributed by atoms with Crippen LogP contribution in [0.2, 0.25) is 0 Å². The molecule has 0 aliphatic heterocycles. The quantitative estimate of drug-likeness (QED) is 0.900. The number of carbonyl (C=O) groups is 1. The van der Waals surface area contributed by atoms with Crippen LogP contribution in [0.15, 0.2) is 53.0 Å². The van der Waals surface area contributed by atoms with Gasteiger partial charge in [-0.1, -0.05) is 30.3 Å². The second kappa shape index (κ2) is 6.63. The number of amides is 1. The van der Waals surface area contributed by atoms with Crippen LogP contribution in [0.5, 0.6) is 0 Å². The van der Waals surface area contributed by atoms with Gasteiger partial charge in [-0.25, -0.2) is 4.39 Å².